The average Bonchev–Trinajstić information content (AvgIpc) is 3.16. The fourth-order valence-corrected chi connectivity index (χ4v) is 6.14. The molecule has 50 heavy (non-hydrogen) atoms. The quantitative estimate of drug-likeness (QED) is 0.0604. The zero-order valence-electron chi connectivity index (χ0n) is 28.7. The second kappa shape index (κ2) is 19.1. The summed E-state index contributed by atoms with van der Waals surface area (Å²) >= 11 is 0. The molecular formula is C40H48N4O6. The molecule has 0 spiro atoms. The van der Waals surface area contributed by atoms with Gasteiger partial charge in [0.1, 0.15) is 0 Å². The van der Waals surface area contributed by atoms with Crippen molar-refractivity contribution < 1.29 is 29.4 Å². The van der Waals surface area contributed by atoms with E-state index in [9.17, 15) is 14.7 Å². The molecule has 1 fully saturated rings. The van der Waals surface area contributed by atoms with E-state index in [1.54, 1.807) is 5.48 Å². The first-order valence-corrected chi connectivity index (χ1v) is 17.4. The predicted molar refractivity (Wildman–Crippen MR) is 191 cm³/mol. The van der Waals surface area contributed by atoms with E-state index >= 15 is 0 Å². The Morgan fingerprint density at radius 1 is 0.840 bits per heavy atom. The Kier molecular flexibility index (Phi) is 14.0. The standard InChI is InChI=1S/C40H48N4O6/c1-44(22-20-35-13-5-6-21-41-35)27-36-25-37(31-18-16-29(28-45)17-19-31)50-40(49-36)34-12-8-11-33(24-34)32-10-7-9-30(23-32)26-42-38(46)14-3-2-4-15-39(47)43-48/h5-13,16-19,21,23-24,36-37,40,45,48H,2-4,14-15,20,22,25-28H2,1H3,(H,42,46)(H,43,47). The van der Waals surface area contributed by atoms with Gasteiger partial charge >= 0.3 is 0 Å². The first-order chi connectivity index (χ1) is 24.4. The van der Waals surface area contributed by atoms with Gasteiger partial charge in [-0.1, -0.05) is 73.2 Å². The van der Waals surface area contributed by atoms with Crippen LogP contribution in [0.1, 0.15) is 78.9 Å². The Labute approximate surface area is 294 Å². The number of nitrogens with one attached hydrogen (secondary N) is 2. The number of aliphatic hydroxyl groups excluding tert-OH is 1. The third-order valence-electron chi connectivity index (χ3n) is 8.95. The van der Waals surface area contributed by atoms with Crippen molar-refractivity contribution in [2.45, 2.75) is 76.6 Å². The molecule has 1 aromatic heterocycles. The Hall–Kier alpha value is -4.45. The number of hydroxylamine groups is 1. The monoisotopic (exact) mass is 680 g/mol. The number of ether oxygens (including phenoxy) is 2. The largest absolute Gasteiger partial charge is 0.392 e. The number of amides is 2. The summed E-state index contributed by atoms with van der Waals surface area (Å²) in [5, 5.41) is 21.1. The number of aromatic nitrogens is 1. The predicted octanol–water partition coefficient (Wildman–Crippen LogP) is 6.03. The molecule has 3 unspecified atom stereocenters. The Balaban J connectivity index is 1.23. The normalized spacial score (nSPS) is 17.4. The van der Waals surface area contributed by atoms with Crippen molar-refractivity contribution in [3.8, 4) is 11.1 Å². The molecule has 2 amide bonds. The molecule has 3 aromatic carbocycles. The number of likely N-dealkylation sites (N-methyl/N-ethyl adjacent to an activating group) is 1. The zero-order chi connectivity index (χ0) is 35.1. The highest BCUT2D eigenvalue weighted by molar-refractivity contribution is 5.76. The van der Waals surface area contributed by atoms with E-state index in [1.165, 1.54) is 0 Å². The van der Waals surface area contributed by atoms with Crippen LogP contribution in [0.5, 0.6) is 0 Å². The van der Waals surface area contributed by atoms with Gasteiger partial charge in [0, 0.05) is 62.8 Å². The summed E-state index contributed by atoms with van der Waals surface area (Å²) in [5.41, 5.74) is 8.57. The van der Waals surface area contributed by atoms with Gasteiger partial charge in [0.15, 0.2) is 6.29 Å². The van der Waals surface area contributed by atoms with Crippen molar-refractivity contribution in [3.63, 3.8) is 0 Å². The highest BCUT2D eigenvalue weighted by atomic mass is 16.7. The first-order valence-electron chi connectivity index (χ1n) is 17.4. The van der Waals surface area contributed by atoms with Crippen molar-refractivity contribution in [2.24, 2.45) is 0 Å². The molecule has 1 aliphatic heterocycles. The van der Waals surface area contributed by atoms with Crippen LogP contribution in [0.2, 0.25) is 0 Å². The zero-order valence-corrected chi connectivity index (χ0v) is 28.7. The summed E-state index contributed by atoms with van der Waals surface area (Å²) < 4.78 is 13.3. The SMILES string of the molecule is CN(CCc1ccccn1)CC1CC(c2ccc(CO)cc2)OC(c2cccc(-c3cccc(CNC(=O)CCCCCC(=O)NO)c3)c2)O1. The molecule has 0 aliphatic carbocycles. The van der Waals surface area contributed by atoms with Crippen LogP contribution >= 0.6 is 0 Å². The van der Waals surface area contributed by atoms with E-state index in [-0.39, 0.29) is 31.1 Å². The van der Waals surface area contributed by atoms with Crippen molar-refractivity contribution >= 4 is 11.8 Å². The van der Waals surface area contributed by atoms with Gasteiger partial charge in [-0.15, -0.1) is 0 Å². The molecule has 5 rings (SSSR count). The minimum absolute atomic E-state index is 0.00333. The van der Waals surface area contributed by atoms with Crippen LogP contribution in [0.25, 0.3) is 11.1 Å². The first kappa shape index (κ1) is 36.8. The van der Waals surface area contributed by atoms with E-state index < -0.39 is 12.2 Å². The fraction of sp³-hybridized carbons (Fsp3) is 0.375. The van der Waals surface area contributed by atoms with Crippen LogP contribution in [0.3, 0.4) is 0 Å². The molecule has 1 aliphatic rings. The molecule has 0 saturated carbocycles. The van der Waals surface area contributed by atoms with Crippen LogP contribution in [0.15, 0.2) is 97.2 Å². The molecule has 264 valence electrons. The van der Waals surface area contributed by atoms with Gasteiger partial charge in [0.2, 0.25) is 11.8 Å². The Bertz CT molecular complexity index is 1650. The molecule has 0 bridgehead atoms. The maximum atomic E-state index is 12.4. The number of aliphatic hydroxyl groups is 1. The number of pyridine rings is 1. The molecule has 2 heterocycles. The fourth-order valence-electron chi connectivity index (χ4n) is 6.14. The smallest absolute Gasteiger partial charge is 0.243 e. The summed E-state index contributed by atoms with van der Waals surface area (Å²) in [6.45, 7) is 2.01. The summed E-state index contributed by atoms with van der Waals surface area (Å²) in [4.78, 5) is 30.3. The lowest BCUT2D eigenvalue weighted by molar-refractivity contribution is -0.252. The highest BCUT2D eigenvalue weighted by Crippen LogP contribution is 2.39. The van der Waals surface area contributed by atoms with Crippen molar-refractivity contribution in [2.75, 3.05) is 20.1 Å². The molecule has 0 radical (unpaired) electrons. The molecule has 10 heteroatoms. The van der Waals surface area contributed by atoms with E-state index in [0.717, 1.165) is 65.0 Å². The van der Waals surface area contributed by atoms with Gasteiger partial charge in [-0.25, -0.2) is 5.48 Å². The van der Waals surface area contributed by atoms with Gasteiger partial charge in [0.05, 0.1) is 18.8 Å². The number of benzene rings is 3. The van der Waals surface area contributed by atoms with E-state index in [0.29, 0.717) is 32.2 Å². The summed E-state index contributed by atoms with van der Waals surface area (Å²) in [5.74, 6) is -0.443. The van der Waals surface area contributed by atoms with E-state index in [2.05, 4.69) is 52.6 Å². The van der Waals surface area contributed by atoms with E-state index in [4.69, 9.17) is 14.7 Å². The Morgan fingerprint density at radius 3 is 2.34 bits per heavy atom. The minimum Gasteiger partial charge on any atom is -0.392 e. The second-order valence-corrected chi connectivity index (χ2v) is 12.9. The van der Waals surface area contributed by atoms with Crippen molar-refractivity contribution in [1.82, 2.24) is 20.7 Å². The minimum atomic E-state index is -0.569. The number of hydrogen-bond acceptors (Lipinski definition) is 8. The molecular weight excluding hydrogens is 632 g/mol. The molecule has 4 N–H and O–H groups in total. The molecule has 4 aromatic rings. The van der Waals surface area contributed by atoms with Gasteiger partial charge in [-0.2, -0.15) is 0 Å². The number of hydrogen-bond donors (Lipinski definition) is 4. The lowest BCUT2D eigenvalue weighted by atomic mass is 9.98. The number of carbonyl (C=O) groups is 2. The number of nitrogens with zero attached hydrogens (tertiary/aromatic N) is 2. The second-order valence-electron chi connectivity index (χ2n) is 12.9. The van der Waals surface area contributed by atoms with Gasteiger partial charge < -0.3 is 24.8 Å². The van der Waals surface area contributed by atoms with Gasteiger partial charge in [-0.05, 0) is 72.0 Å². The van der Waals surface area contributed by atoms with Crippen LogP contribution in [0.4, 0.5) is 0 Å². The van der Waals surface area contributed by atoms with Crippen LogP contribution in [-0.2, 0) is 38.6 Å². The van der Waals surface area contributed by atoms with Crippen molar-refractivity contribution in [3.05, 3.63) is 125 Å². The molecule has 3 atom stereocenters. The average molecular weight is 681 g/mol. The number of carbonyl (C=O) groups excluding carboxylic acids is 2. The number of rotatable bonds is 17. The lowest BCUT2D eigenvalue weighted by Crippen LogP contribution is -2.38. The maximum Gasteiger partial charge on any atom is 0.243 e. The van der Waals surface area contributed by atoms with Crippen LogP contribution in [-0.4, -0.2) is 58.3 Å². The van der Waals surface area contributed by atoms with Crippen LogP contribution < -0.4 is 10.8 Å². The maximum absolute atomic E-state index is 12.4. The Morgan fingerprint density at radius 2 is 1.60 bits per heavy atom. The summed E-state index contributed by atoms with van der Waals surface area (Å²) in [6, 6.07) is 30.3. The van der Waals surface area contributed by atoms with Crippen LogP contribution in [0, 0.1) is 0 Å². The number of unbranched alkanes of at least 4 members (excludes halogenated alkanes) is 2. The van der Waals surface area contributed by atoms with E-state index in [1.807, 2.05) is 66.9 Å². The van der Waals surface area contributed by atoms with Gasteiger partial charge in [0.25, 0.3) is 0 Å². The van der Waals surface area contributed by atoms with Crippen molar-refractivity contribution in [1.29, 1.82) is 0 Å². The molecule has 1 saturated heterocycles. The lowest BCUT2D eigenvalue weighted by Gasteiger charge is -2.38. The molecule has 10 nitrogen and oxygen atoms in total. The summed E-state index contributed by atoms with van der Waals surface area (Å²) in [6.07, 6.45) is 5.25. The topological polar surface area (TPSA) is 133 Å². The summed E-state index contributed by atoms with van der Waals surface area (Å²) in [7, 11) is 2.11. The third-order valence-corrected chi connectivity index (χ3v) is 8.95. The van der Waals surface area contributed by atoms with Gasteiger partial charge in [-0.3, -0.25) is 19.8 Å². The third kappa shape index (κ3) is 11.3. The highest BCUT2D eigenvalue weighted by Gasteiger charge is 2.33.